The lowest BCUT2D eigenvalue weighted by molar-refractivity contribution is 0.296. The number of anilines is 1. The Bertz CT molecular complexity index is 590. The van der Waals surface area contributed by atoms with Gasteiger partial charge in [0.2, 0.25) is 0 Å². The van der Waals surface area contributed by atoms with E-state index in [4.69, 9.17) is 26.8 Å². The molecule has 2 N–H and O–H groups in total. The third kappa shape index (κ3) is 3.29. The van der Waals surface area contributed by atoms with Gasteiger partial charge in [0.05, 0.1) is 12.1 Å². The number of benzene rings is 2. The first-order valence-electron chi connectivity index (χ1n) is 5.60. The Hall–Kier alpha value is -1.94. The minimum Gasteiger partial charge on any atom is -0.496 e. The molecule has 2 aromatic carbocycles. The van der Waals surface area contributed by atoms with Crippen LogP contribution in [0.3, 0.4) is 0 Å². The van der Waals surface area contributed by atoms with Gasteiger partial charge in [0.25, 0.3) is 0 Å². The van der Waals surface area contributed by atoms with Gasteiger partial charge in [0.15, 0.2) is 0 Å². The lowest BCUT2D eigenvalue weighted by Crippen LogP contribution is -2.00. The Morgan fingerprint density at radius 1 is 1.21 bits per heavy atom. The van der Waals surface area contributed by atoms with E-state index >= 15 is 0 Å². The Morgan fingerprint density at radius 3 is 2.68 bits per heavy atom. The van der Waals surface area contributed by atoms with Crippen LogP contribution in [0.1, 0.15) is 5.56 Å². The molecule has 0 spiro atoms. The van der Waals surface area contributed by atoms with Gasteiger partial charge in [-0.2, -0.15) is 0 Å². The smallest absolute Gasteiger partial charge is 0.142 e. The van der Waals surface area contributed by atoms with E-state index in [1.54, 1.807) is 25.3 Å². The first kappa shape index (κ1) is 13.5. The number of methoxy groups -OCH3 is 1. The molecule has 3 nitrogen and oxygen atoms in total. The number of hydrogen-bond acceptors (Lipinski definition) is 3. The van der Waals surface area contributed by atoms with Crippen LogP contribution in [0.15, 0.2) is 36.4 Å². The van der Waals surface area contributed by atoms with Crippen LogP contribution in [0.5, 0.6) is 11.5 Å². The third-order valence-corrected chi connectivity index (χ3v) is 2.88. The van der Waals surface area contributed by atoms with E-state index in [2.05, 4.69) is 0 Å². The molecule has 0 atom stereocenters. The van der Waals surface area contributed by atoms with Crippen LogP contribution >= 0.6 is 11.6 Å². The van der Waals surface area contributed by atoms with E-state index in [0.29, 0.717) is 17.2 Å². The van der Waals surface area contributed by atoms with Crippen LogP contribution in [0, 0.1) is 5.82 Å². The highest BCUT2D eigenvalue weighted by atomic mass is 35.5. The molecular formula is C14H13ClFNO2. The Balaban J connectivity index is 2.13. The molecule has 0 radical (unpaired) electrons. The molecule has 0 aliphatic carbocycles. The molecule has 0 bridgehead atoms. The fraction of sp³-hybridized carbons (Fsp3) is 0.143. The minimum atomic E-state index is -0.476. The highest BCUT2D eigenvalue weighted by molar-refractivity contribution is 6.30. The summed E-state index contributed by atoms with van der Waals surface area (Å²) in [7, 11) is 1.57. The molecule has 0 aromatic heterocycles. The molecule has 5 heteroatoms. The number of hydrogen-bond donors (Lipinski definition) is 1. The van der Waals surface area contributed by atoms with E-state index in [9.17, 15) is 4.39 Å². The largest absolute Gasteiger partial charge is 0.496 e. The van der Waals surface area contributed by atoms with Crippen molar-refractivity contribution in [2.75, 3.05) is 12.8 Å². The number of ether oxygens (including phenoxy) is 2. The zero-order valence-electron chi connectivity index (χ0n) is 10.3. The summed E-state index contributed by atoms with van der Waals surface area (Å²) >= 11 is 5.68. The fourth-order valence-electron chi connectivity index (χ4n) is 1.64. The summed E-state index contributed by atoms with van der Waals surface area (Å²) in [6.07, 6.45) is 0. The number of halogens is 2. The monoisotopic (exact) mass is 281 g/mol. The first-order chi connectivity index (χ1) is 9.10. The highest BCUT2D eigenvalue weighted by Crippen LogP contribution is 2.25. The van der Waals surface area contributed by atoms with Crippen molar-refractivity contribution in [3.8, 4) is 11.5 Å². The maximum atomic E-state index is 13.0. The van der Waals surface area contributed by atoms with Gasteiger partial charge >= 0.3 is 0 Å². The average Bonchev–Trinajstić information content (AvgIpc) is 2.40. The van der Waals surface area contributed by atoms with Crippen LogP contribution in [-0.4, -0.2) is 7.11 Å². The second kappa shape index (κ2) is 5.80. The summed E-state index contributed by atoms with van der Waals surface area (Å²) in [5, 5.41) is 0.0250. The molecule has 0 fully saturated rings. The summed E-state index contributed by atoms with van der Waals surface area (Å²) < 4.78 is 23.8. The van der Waals surface area contributed by atoms with E-state index < -0.39 is 5.82 Å². The molecule has 0 amide bonds. The van der Waals surface area contributed by atoms with Crippen molar-refractivity contribution in [3.05, 3.63) is 52.8 Å². The van der Waals surface area contributed by atoms with E-state index in [0.717, 1.165) is 5.56 Å². The topological polar surface area (TPSA) is 44.5 Å². The predicted molar refractivity (Wildman–Crippen MR) is 73.1 cm³/mol. The van der Waals surface area contributed by atoms with Gasteiger partial charge < -0.3 is 15.2 Å². The molecule has 0 saturated carbocycles. The zero-order chi connectivity index (χ0) is 13.8. The van der Waals surface area contributed by atoms with Gasteiger partial charge in [-0.05, 0) is 30.3 Å². The fourth-order valence-corrected chi connectivity index (χ4v) is 1.81. The molecule has 0 saturated heterocycles. The standard InChI is InChI=1S/C14H13ClFNO2/c1-18-14-5-2-10(17)6-9(14)8-19-11-3-4-13(16)12(15)7-11/h2-7H,8,17H2,1H3. The van der Waals surface area contributed by atoms with Crippen molar-refractivity contribution in [2.24, 2.45) is 0 Å². The molecule has 0 unspecified atom stereocenters. The van der Waals surface area contributed by atoms with Crippen molar-refractivity contribution >= 4 is 17.3 Å². The summed E-state index contributed by atoms with van der Waals surface area (Å²) in [4.78, 5) is 0. The van der Waals surface area contributed by atoms with Crippen molar-refractivity contribution in [3.63, 3.8) is 0 Å². The van der Waals surface area contributed by atoms with Crippen LogP contribution in [0.2, 0.25) is 5.02 Å². The van der Waals surface area contributed by atoms with Crippen LogP contribution in [0.25, 0.3) is 0 Å². The first-order valence-corrected chi connectivity index (χ1v) is 5.98. The average molecular weight is 282 g/mol. The van der Waals surface area contributed by atoms with E-state index in [1.165, 1.54) is 18.2 Å². The summed E-state index contributed by atoms with van der Waals surface area (Å²) in [5.74, 6) is 0.689. The Labute approximate surface area is 115 Å². The zero-order valence-corrected chi connectivity index (χ0v) is 11.1. The lowest BCUT2D eigenvalue weighted by atomic mass is 10.2. The van der Waals surface area contributed by atoms with Crippen LogP contribution in [0.4, 0.5) is 10.1 Å². The quantitative estimate of drug-likeness (QED) is 0.870. The summed E-state index contributed by atoms with van der Waals surface area (Å²) in [6, 6.07) is 9.48. The highest BCUT2D eigenvalue weighted by Gasteiger charge is 2.06. The van der Waals surface area contributed by atoms with Gasteiger partial charge in [-0.15, -0.1) is 0 Å². The molecule has 100 valence electrons. The van der Waals surface area contributed by atoms with Gasteiger partial charge in [0, 0.05) is 17.3 Å². The van der Waals surface area contributed by atoms with Crippen LogP contribution in [-0.2, 0) is 6.61 Å². The van der Waals surface area contributed by atoms with Crippen molar-refractivity contribution in [1.29, 1.82) is 0 Å². The molecule has 0 aliphatic heterocycles. The maximum Gasteiger partial charge on any atom is 0.142 e. The van der Waals surface area contributed by atoms with Gasteiger partial charge in [-0.1, -0.05) is 11.6 Å². The molecule has 2 rings (SSSR count). The molecule has 0 heterocycles. The molecule has 19 heavy (non-hydrogen) atoms. The molecule has 0 aliphatic rings. The SMILES string of the molecule is COc1ccc(N)cc1COc1ccc(F)c(Cl)c1. The van der Waals surface area contributed by atoms with E-state index in [1.807, 2.05) is 0 Å². The molecular weight excluding hydrogens is 269 g/mol. The number of rotatable bonds is 4. The molecule has 2 aromatic rings. The van der Waals surface area contributed by atoms with Crippen LogP contribution < -0.4 is 15.2 Å². The Kier molecular flexibility index (Phi) is 4.12. The third-order valence-electron chi connectivity index (χ3n) is 2.59. The second-order valence-electron chi connectivity index (χ2n) is 3.94. The van der Waals surface area contributed by atoms with Crippen molar-refractivity contribution in [2.45, 2.75) is 6.61 Å². The number of nitrogens with two attached hydrogens (primary N) is 1. The second-order valence-corrected chi connectivity index (χ2v) is 4.34. The summed E-state index contributed by atoms with van der Waals surface area (Å²) in [6.45, 7) is 0.260. The van der Waals surface area contributed by atoms with Gasteiger partial charge in [0.1, 0.15) is 23.9 Å². The number of nitrogen functional groups attached to an aromatic ring is 1. The minimum absolute atomic E-state index is 0.0250. The van der Waals surface area contributed by atoms with E-state index in [-0.39, 0.29) is 11.6 Å². The normalized spacial score (nSPS) is 10.3. The summed E-state index contributed by atoms with van der Waals surface area (Å²) in [5.41, 5.74) is 7.14. The van der Waals surface area contributed by atoms with Crippen molar-refractivity contribution < 1.29 is 13.9 Å². The van der Waals surface area contributed by atoms with Gasteiger partial charge in [-0.25, -0.2) is 4.39 Å². The van der Waals surface area contributed by atoms with Gasteiger partial charge in [-0.3, -0.25) is 0 Å². The Morgan fingerprint density at radius 2 is 2.00 bits per heavy atom. The maximum absolute atomic E-state index is 13.0. The lowest BCUT2D eigenvalue weighted by Gasteiger charge is -2.11. The predicted octanol–water partition coefficient (Wildman–Crippen LogP) is 3.65. The van der Waals surface area contributed by atoms with Crippen molar-refractivity contribution in [1.82, 2.24) is 0 Å².